The fraction of sp³-hybridized carbons (Fsp3) is 0.900. The van der Waals surface area contributed by atoms with E-state index in [-0.39, 0.29) is 18.3 Å². The van der Waals surface area contributed by atoms with Gasteiger partial charge in [-0.05, 0) is 37.5 Å². The summed E-state index contributed by atoms with van der Waals surface area (Å²) < 4.78 is 0. The van der Waals surface area contributed by atoms with E-state index in [1.165, 1.54) is 63.5 Å². The summed E-state index contributed by atoms with van der Waals surface area (Å²) in [7, 11) is 6.48. The molecule has 0 bridgehead atoms. The van der Waals surface area contributed by atoms with Gasteiger partial charge < -0.3 is 9.94 Å². The number of hydrogen-bond donors (Lipinski definition) is 2. The summed E-state index contributed by atoms with van der Waals surface area (Å²) >= 11 is 0. The third kappa shape index (κ3) is 16.1. The number of rotatable bonds is 6. The summed E-state index contributed by atoms with van der Waals surface area (Å²) in [5.41, 5.74) is 2.43. The Bertz CT molecular complexity index is 385. The van der Waals surface area contributed by atoms with Gasteiger partial charge in [0.1, 0.15) is 0 Å². The van der Waals surface area contributed by atoms with Crippen LogP contribution < -0.4 is 5.48 Å². The van der Waals surface area contributed by atoms with Crippen molar-refractivity contribution in [2.45, 2.75) is 77.0 Å². The van der Waals surface area contributed by atoms with Crippen molar-refractivity contribution in [3.63, 3.8) is 0 Å². The third-order valence-corrected chi connectivity index (χ3v) is 5.21. The van der Waals surface area contributed by atoms with Crippen LogP contribution in [0.1, 0.15) is 77.0 Å². The number of carboxylic acids is 1. The molecule has 7 nitrogen and oxygen atoms in total. The van der Waals surface area contributed by atoms with Gasteiger partial charge in [0.15, 0.2) is 0 Å². The Morgan fingerprint density at radius 1 is 0.929 bits per heavy atom. The van der Waals surface area contributed by atoms with Crippen molar-refractivity contribution in [2.75, 3.05) is 28.3 Å². The Balaban J connectivity index is 0. The molecule has 0 aromatic rings. The molecule has 2 N–H and O–H groups in total. The fourth-order valence-corrected chi connectivity index (χ4v) is 3.51. The van der Waals surface area contributed by atoms with Gasteiger partial charge in [0.05, 0.1) is 14.2 Å². The summed E-state index contributed by atoms with van der Waals surface area (Å²) in [6, 6.07) is 0. The molecule has 2 fully saturated rings. The average Bonchev–Trinajstić information content (AvgIpc) is 2.69. The van der Waals surface area contributed by atoms with Crippen molar-refractivity contribution >= 4 is 24.3 Å². The molecule has 2 aliphatic rings. The van der Waals surface area contributed by atoms with Crippen LogP contribution >= 0.6 is 12.4 Å². The maximum atomic E-state index is 11.4. The molecule has 0 radical (unpaired) electrons. The van der Waals surface area contributed by atoms with Crippen molar-refractivity contribution in [3.05, 3.63) is 0 Å². The molecular weight excluding hydrogens is 384 g/mol. The SMILES string of the molecule is CNOC.CON(C)C(=O)CC1CCCCC1.Cl.O=C(O)CC1CCCCC1. The van der Waals surface area contributed by atoms with Crippen LogP contribution in [-0.4, -0.2) is 50.4 Å². The Kier molecular flexibility index (Phi) is 20.3. The lowest BCUT2D eigenvalue weighted by Crippen LogP contribution is -2.27. The summed E-state index contributed by atoms with van der Waals surface area (Å²) in [5.74, 6) is 0.548. The van der Waals surface area contributed by atoms with Gasteiger partial charge in [0.2, 0.25) is 5.91 Å². The van der Waals surface area contributed by atoms with Crippen molar-refractivity contribution in [3.8, 4) is 0 Å². The maximum absolute atomic E-state index is 11.4. The molecule has 0 aromatic heterocycles. The van der Waals surface area contributed by atoms with Gasteiger partial charge in [-0.25, -0.2) is 10.5 Å². The van der Waals surface area contributed by atoms with Crippen LogP contribution in [-0.2, 0) is 19.3 Å². The first-order chi connectivity index (χ1) is 12.9. The predicted octanol–water partition coefficient (Wildman–Crippen LogP) is 4.21. The van der Waals surface area contributed by atoms with Crippen LogP contribution in [0, 0.1) is 11.8 Å². The van der Waals surface area contributed by atoms with Gasteiger partial charge in [-0.15, -0.1) is 12.4 Å². The Morgan fingerprint density at radius 2 is 1.32 bits per heavy atom. The monoisotopic (exact) mass is 424 g/mol. The van der Waals surface area contributed by atoms with E-state index in [4.69, 9.17) is 9.94 Å². The quantitative estimate of drug-likeness (QED) is 0.621. The first-order valence-corrected chi connectivity index (χ1v) is 10.2. The molecule has 0 aromatic carbocycles. The highest BCUT2D eigenvalue weighted by molar-refractivity contribution is 5.85. The molecule has 168 valence electrons. The van der Waals surface area contributed by atoms with E-state index in [1.807, 2.05) is 0 Å². The largest absolute Gasteiger partial charge is 0.481 e. The zero-order chi connectivity index (χ0) is 20.5. The molecule has 8 heteroatoms. The minimum absolute atomic E-state index is 0. The second-order valence-electron chi connectivity index (χ2n) is 7.29. The van der Waals surface area contributed by atoms with Crippen molar-refractivity contribution in [1.82, 2.24) is 10.5 Å². The fourth-order valence-electron chi connectivity index (χ4n) is 3.51. The smallest absolute Gasteiger partial charge is 0.303 e. The zero-order valence-electron chi connectivity index (χ0n) is 18.1. The molecular formula is C20H41ClN2O5. The highest BCUT2D eigenvalue weighted by Gasteiger charge is 2.19. The molecule has 2 aliphatic carbocycles. The number of halogens is 1. The highest BCUT2D eigenvalue weighted by Crippen LogP contribution is 2.27. The lowest BCUT2D eigenvalue weighted by atomic mass is 9.87. The highest BCUT2D eigenvalue weighted by atomic mass is 35.5. The molecule has 0 saturated heterocycles. The lowest BCUT2D eigenvalue weighted by Gasteiger charge is -2.22. The van der Waals surface area contributed by atoms with E-state index in [9.17, 15) is 9.59 Å². The van der Waals surface area contributed by atoms with E-state index < -0.39 is 5.97 Å². The minimum Gasteiger partial charge on any atom is -0.481 e. The second-order valence-corrected chi connectivity index (χ2v) is 7.29. The van der Waals surface area contributed by atoms with Crippen LogP contribution in [0.5, 0.6) is 0 Å². The molecule has 0 heterocycles. The number of carboxylic acid groups (broad SMARTS) is 1. The number of carbonyl (C=O) groups excluding carboxylic acids is 1. The van der Waals surface area contributed by atoms with Crippen LogP contribution in [0.15, 0.2) is 0 Å². The number of aliphatic carboxylic acids is 1. The summed E-state index contributed by atoms with van der Waals surface area (Å²) in [6.07, 6.45) is 13.4. The zero-order valence-corrected chi connectivity index (χ0v) is 18.9. The molecule has 0 atom stereocenters. The predicted molar refractivity (Wildman–Crippen MR) is 113 cm³/mol. The summed E-state index contributed by atoms with van der Waals surface area (Å²) in [6.45, 7) is 0. The van der Waals surface area contributed by atoms with E-state index in [1.54, 1.807) is 21.2 Å². The number of nitrogens with one attached hydrogen (secondary N) is 1. The molecule has 0 spiro atoms. The Morgan fingerprint density at radius 3 is 1.64 bits per heavy atom. The molecule has 28 heavy (non-hydrogen) atoms. The van der Waals surface area contributed by atoms with E-state index in [2.05, 4.69) is 10.3 Å². The summed E-state index contributed by atoms with van der Waals surface area (Å²) in [4.78, 5) is 30.8. The number of hydrogen-bond acceptors (Lipinski definition) is 5. The molecule has 2 saturated carbocycles. The molecule has 0 aliphatic heterocycles. The standard InChI is InChI=1S/C10H19NO2.C8H14O2.C2H7NO.ClH/c1-11(13-2)10(12)8-9-6-4-3-5-7-9;9-8(10)6-7-4-2-1-3-5-7;1-3-4-2;/h9H,3-8H2,1-2H3;7H,1-6H2,(H,9,10);3H,1-2H3;1H. The number of carbonyl (C=O) groups is 2. The van der Waals surface area contributed by atoms with Crippen molar-refractivity contribution in [1.29, 1.82) is 0 Å². The van der Waals surface area contributed by atoms with Crippen LogP contribution in [0.3, 0.4) is 0 Å². The second kappa shape index (κ2) is 19.4. The van der Waals surface area contributed by atoms with Crippen molar-refractivity contribution < 1.29 is 24.4 Å². The van der Waals surface area contributed by atoms with Gasteiger partial charge in [-0.2, -0.15) is 0 Å². The molecule has 0 unspecified atom stereocenters. The lowest BCUT2D eigenvalue weighted by molar-refractivity contribution is -0.169. The maximum Gasteiger partial charge on any atom is 0.303 e. The topological polar surface area (TPSA) is 88.1 Å². The van der Waals surface area contributed by atoms with Gasteiger partial charge >= 0.3 is 5.97 Å². The van der Waals surface area contributed by atoms with Crippen molar-refractivity contribution in [2.24, 2.45) is 11.8 Å². The molecule has 1 amide bonds. The third-order valence-electron chi connectivity index (χ3n) is 5.21. The van der Waals surface area contributed by atoms with Crippen LogP contribution in [0.25, 0.3) is 0 Å². The first kappa shape index (κ1) is 29.3. The first-order valence-electron chi connectivity index (χ1n) is 10.2. The number of nitrogens with zero attached hydrogens (tertiary/aromatic N) is 1. The molecule has 2 rings (SSSR count). The number of hydroxylamine groups is 3. The summed E-state index contributed by atoms with van der Waals surface area (Å²) in [5, 5.41) is 9.79. The van der Waals surface area contributed by atoms with E-state index >= 15 is 0 Å². The van der Waals surface area contributed by atoms with Gasteiger partial charge in [0.25, 0.3) is 0 Å². The Labute approximate surface area is 176 Å². The van der Waals surface area contributed by atoms with E-state index in [0.717, 1.165) is 12.8 Å². The average molecular weight is 425 g/mol. The minimum atomic E-state index is -0.632. The van der Waals surface area contributed by atoms with Gasteiger partial charge in [-0.1, -0.05) is 38.5 Å². The van der Waals surface area contributed by atoms with Gasteiger partial charge in [-0.3, -0.25) is 14.4 Å². The number of amides is 1. The van der Waals surface area contributed by atoms with Crippen LogP contribution in [0.4, 0.5) is 0 Å². The Hall–Kier alpha value is -0.890. The van der Waals surface area contributed by atoms with Gasteiger partial charge in [0, 0.05) is 26.9 Å². The van der Waals surface area contributed by atoms with E-state index in [0.29, 0.717) is 24.7 Å². The van der Waals surface area contributed by atoms with Crippen LogP contribution in [0.2, 0.25) is 0 Å². The normalized spacial score (nSPS) is 17.1.